The zero-order valence-electron chi connectivity index (χ0n) is 23.4. The normalized spacial score (nSPS) is 12.5. The summed E-state index contributed by atoms with van der Waals surface area (Å²) in [5.74, 6) is -2.11. The number of nitrogens with zero attached hydrogens (tertiary/aromatic N) is 3. The Bertz CT molecular complexity index is 918. The Balaban J connectivity index is 5.51. The molecule has 0 radical (unpaired) electrons. The lowest BCUT2D eigenvalue weighted by atomic mass is 10.1. The second-order valence-corrected chi connectivity index (χ2v) is 9.69. The molecule has 0 saturated carbocycles. The number of carbonyl (C=O) groups excluding carboxylic acids is 4. The van der Waals surface area contributed by atoms with Gasteiger partial charge in [0.25, 0.3) is 0 Å². The van der Waals surface area contributed by atoms with Crippen LogP contribution in [0.5, 0.6) is 0 Å². The number of rotatable bonds is 21. The van der Waals surface area contributed by atoms with E-state index in [9.17, 15) is 19.2 Å². The SMILES string of the molecule is CSCNC(=O)CNC(=O)[C@H](CCCN=C(N)N)NC(=O)[C@H](CCCN=C(N)N)NC(=O)[C@@H](N)CCCN=C(N)N. The third-order valence-electron chi connectivity index (χ3n) is 5.30. The zero-order valence-corrected chi connectivity index (χ0v) is 24.3. The topological polar surface area (TPSA) is 336 Å². The van der Waals surface area contributed by atoms with Crippen LogP contribution in [0.3, 0.4) is 0 Å². The van der Waals surface area contributed by atoms with E-state index in [1.54, 1.807) is 0 Å². The minimum absolute atomic E-state index is 0.0713. The van der Waals surface area contributed by atoms with Crippen molar-refractivity contribution in [3.05, 3.63) is 0 Å². The molecule has 0 aromatic carbocycles. The van der Waals surface area contributed by atoms with Crippen LogP contribution in [-0.2, 0) is 19.2 Å². The van der Waals surface area contributed by atoms with Crippen LogP contribution >= 0.6 is 11.8 Å². The summed E-state index contributed by atoms with van der Waals surface area (Å²) in [6.07, 6.45) is 3.50. The fraction of sp³-hybridized carbons (Fsp3) is 0.682. The van der Waals surface area contributed by atoms with Crippen molar-refractivity contribution in [1.29, 1.82) is 0 Å². The number of thioether (sulfide) groups is 1. The van der Waals surface area contributed by atoms with Crippen LogP contribution in [0.1, 0.15) is 38.5 Å². The summed E-state index contributed by atoms with van der Waals surface area (Å²) >= 11 is 1.41. The molecule has 19 heteroatoms. The summed E-state index contributed by atoms with van der Waals surface area (Å²) in [4.78, 5) is 62.4. The van der Waals surface area contributed by atoms with Gasteiger partial charge < -0.3 is 61.4 Å². The van der Waals surface area contributed by atoms with E-state index >= 15 is 0 Å². The van der Waals surface area contributed by atoms with Gasteiger partial charge in [-0.3, -0.25) is 34.2 Å². The summed E-state index contributed by atoms with van der Waals surface area (Å²) in [6, 6.07) is -3.04. The van der Waals surface area contributed by atoms with Gasteiger partial charge in [0.15, 0.2) is 17.9 Å². The second kappa shape index (κ2) is 21.8. The smallest absolute Gasteiger partial charge is 0.243 e. The lowest BCUT2D eigenvalue weighted by molar-refractivity contribution is -0.133. The molecule has 4 amide bonds. The molecule has 0 heterocycles. The number of nitrogens with two attached hydrogens (primary N) is 7. The van der Waals surface area contributed by atoms with Crippen LogP contribution in [0.15, 0.2) is 15.0 Å². The molecule has 0 aromatic rings. The average Bonchev–Trinajstić information content (AvgIpc) is 2.90. The van der Waals surface area contributed by atoms with Gasteiger partial charge in [0, 0.05) is 19.6 Å². The highest BCUT2D eigenvalue weighted by Crippen LogP contribution is 2.05. The van der Waals surface area contributed by atoms with Crippen molar-refractivity contribution >= 4 is 53.3 Å². The first-order valence-electron chi connectivity index (χ1n) is 12.9. The van der Waals surface area contributed by atoms with Crippen LogP contribution in [0.4, 0.5) is 0 Å². The monoisotopic (exact) mass is 602 g/mol. The fourth-order valence-corrected chi connectivity index (χ4v) is 3.56. The standard InChI is InChI=1S/C22H46N14O4S/c1-41-12-34-16(37)11-33-18(39)14(6-3-9-31-21(26)27)36-19(40)15(7-4-10-32-22(28)29)35-17(38)13(23)5-2-8-30-20(24)25/h13-15H,2-12,23H2,1H3,(H,33,39)(H,34,37)(H,35,38)(H,36,40)(H4,24,25,30)(H4,26,27,31)(H4,28,29,32)/t13-,14-,15-/m0/s1. The maximum Gasteiger partial charge on any atom is 0.243 e. The lowest BCUT2D eigenvalue weighted by Gasteiger charge is -2.24. The molecule has 0 aliphatic heterocycles. The minimum atomic E-state index is -1.06. The van der Waals surface area contributed by atoms with Gasteiger partial charge >= 0.3 is 0 Å². The van der Waals surface area contributed by atoms with Gasteiger partial charge in [0.2, 0.25) is 23.6 Å². The van der Waals surface area contributed by atoms with Crippen molar-refractivity contribution in [2.24, 2.45) is 55.1 Å². The Hall–Kier alpha value is -4.00. The maximum absolute atomic E-state index is 13.3. The summed E-state index contributed by atoms with van der Waals surface area (Å²) in [5, 5.41) is 10.4. The van der Waals surface area contributed by atoms with Crippen molar-refractivity contribution in [2.75, 3.05) is 38.3 Å². The Morgan fingerprint density at radius 2 is 1.10 bits per heavy atom. The van der Waals surface area contributed by atoms with Gasteiger partial charge in [-0.25, -0.2) is 0 Å². The molecular formula is C22H46N14O4S. The molecule has 0 aromatic heterocycles. The van der Waals surface area contributed by atoms with Crippen LogP contribution in [0.25, 0.3) is 0 Å². The van der Waals surface area contributed by atoms with E-state index in [-0.39, 0.29) is 63.3 Å². The second-order valence-electron chi connectivity index (χ2n) is 8.83. The Morgan fingerprint density at radius 1 is 0.659 bits per heavy atom. The average molecular weight is 603 g/mol. The van der Waals surface area contributed by atoms with E-state index in [1.807, 2.05) is 6.26 Å². The van der Waals surface area contributed by atoms with Gasteiger partial charge in [-0.15, -0.1) is 11.8 Å². The first-order chi connectivity index (χ1) is 19.4. The first-order valence-corrected chi connectivity index (χ1v) is 14.3. The fourth-order valence-electron chi connectivity index (χ4n) is 3.25. The summed E-state index contributed by atoms with van der Waals surface area (Å²) in [6.45, 7) is 0.425. The Morgan fingerprint density at radius 3 is 1.56 bits per heavy atom. The minimum Gasteiger partial charge on any atom is -0.370 e. The molecule has 0 saturated heterocycles. The van der Waals surface area contributed by atoms with Crippen molar-refractivity contribution < 1.29 is 19.2 Å². The first kappa shape index (κ1) is 37.0. The molecule has 18 nitrogen and oxygen atoms in total. The molecule has 0 spiro atoms. The molecular weight excluding hydrogens is 556 g/mol. The summed E-state index contributed by atoms with van der Waals surface area (Å²) in [5.41, 5.74) is 38.0. The van der Waals surface area contributed by atoms with Gasteiger partial charge in [-0.05, 0) is 44.8 Å². The number of guanidine groups is 3. The van der Waals surface area contributed by atoms with Crippen molar-refractivity contribution in [1.82, 2.24) is 21.3 Å². The molecule has 18 N–H and O–H groups in total. The highest BCUT2D eigenvalue weighted by Gasteiger charge is 2.28. The molecule has 0 unspecified atom stereocenters. The van der Waals surface area contributed by atoms with Gasteiger partial charge in [0.1, 0.15) is 12.1 Å². The van der Waals surface area contributed by atoms with E-state index in [0.717, 1.165) is 0 Å². The summed E-state index contributed by atoms with van der Waals surface area (Å²) in [7, 11) is 0. The number of aliphatic imine (C=N–C) groups is 3. The summed E-state index contributed by atoms with van der Waals surface area (Å²) < 4.78 is 0. The van der Waals surface area contributed by atoms with Gasteiger partial charge in [-0.1, -0.05) is 0 Å². The largest absolute Gasteiger partial charge is 0.370 e. The van der Waals surface area contributed by atoms with Gasteiger partial charge in [-0.2, -0.15) is 0 Å². The van der Waals surface area contributed by atoms with Crippen LogP contribution < -0.4 is 61.4 Å². The van der Waals surface area contributed by atoms with Crippen LogP contribution in [0, 0.1) is 0 Å². The highest BCUT2D eigenvalue weighted by molar-refractivity contribution is 7.98. The highest BCUT2D eigenvalue weighted by atomic mass is 32.2. The lowest BCUT2D eigenvalue weighted by Crippen LogP contribution is -2.56. The number of carbonyl (C=O) groups is 4. The molecule has 0 fully saturated rings. The van der Waals surface area contributed by atoms with E-state index in [0.29, 0.717) is 25.1 Å². The van der Waals surface area contributed by atoms with E-state index in [1.165, 1.54) is 11.8 Å². The molecule has 3 atom stereocenters. The predicted molar refractivity (Wildman–Crippen MR) is 161 cm³/mol. The number of nitrogens with one attached hydrogen (secondary N) is 4. The molecule has 234 valence electrons. The maximum atomic E-state index is 13.3. The zero-order chi connectivity index (χ0) is 31.2. The third-order valence-corrected chi connectivity index (χ3v) is 5.73. The molecule has 0 aliphatic rings. The number of hydrogen-bond donors (Lipinski definition) is 11. The molecule has 0 rings (SSSR count). The Kier molecular flexibility index (Phi) is 19.7. The van der Waals surface area contributed by atoms with Crippen molar-refractivity contribution in [3.8, 4) is 0 Å². The molecule has 0 aliphatic carbocycles. The molecule has 0 bridgehead atoms. The quantitative estimate of drug-likeness (QED) is 0.0254. The van der Waals surface area contributed by atoms with E-state index < -0.39 is 41.8 Å². The van der Waals surface area contributed by atoms with E-state index in [4.69, 9.17) is 40.1 Å². The Labute approximate surface area is 243 Å². The molecule has 41 heavy (non-hydrogen) atoms. The van der Waals surface area contributed by atoms with Gasteiger partial charge in [0.05, 0.1) is 18.5 Å². The van der Waals surface area contributed by atoms with E-state index in [2.05, 4.69) is 36.2 Å². The van der Waals surface area contributed by atoms with Crippen molar-refractivity contribution in [2.45, 2.75) is 56.7 Å². The predicted octanol–water partition coefficient (Wildman–Crippen LogP) is -5.00. The van der Waals surface area contributed by atoms with Crippen LogP contribution in [-0.4, -0.2) is 97.9 Å². The van der Waals surface area contributed by atoms with Crippen LogP contribution in [0.2, 0.25) is 0 Å². The number of amides is 4. The number of hydrogen-bond acceptors (Lipinski definition) is 9. The third kappa shape index (κ3) is 19.7. The van der Waals surface area contributed by atoms with Crippen molar-refractivity contribution in [3.63, 3.8) is 0 Å².